The minimum atomic E-state index is 0.519. The van der Waals surface area contributed by atoms with E-state index in [1.165, 1.54) is 0 Å². The molecule has 4 heteroatoms. The van der Waals surface area contributed by atoms with E-state index in [9.17, 15) is 0 Å². The van der Waals surface area contributed by atoms with Gasteiger partial charge in [0.25, 0.3) is 0 Å². The number of nitrogens with zero attached hydrogens (tertiary/aromatic N) is 2. The summed E-state index contributed by atoms with van der Waals surface area (Å²) in [6.07, 6.45) is 0.939. The first-order chi connectivity index (χ1) is 8.19. The van der Waals surface area contributed by atoms with Gasteiger partial charge in [-0.05, 0) is 36.8 Å². The molecule has 0 aliphatic carbocycles. The summed E-state index contributed by atoms with van der Waals surface area (Å²) in [6.45, 7) is 2.61. The molecule has 1 aromatic carbocycles. The van der Waals surface area contributed by atoms with Gasteiger partial charge in [0.15, 0.2) is 0 Å². The lowest BCUT2D eigenvalue weighted by atomic mass is 10.3. The van der Waals surface area contributed by atoms with Crippen molar-refractivity contribution in [3.63, 3.8) is 0 Å². The van der Waals surface area contributed by atoms with Crippen LogP contribution in [-0.2, 0) is 20.1 Å². The Morgan fingerprint density at radius 3 is 2.59 bits per heavy atom. The molecule has 0 amide bonds. The summed E-state index contributed by atoms with van der Waals surface area (Å²) in [5.74, 6) is 0.814. The molecule has 0 saturated heterocycles. The van der Waals surface area contributed by atoms with E-state index in [1.807, 2.05) is 36.0 Å². The molecule has 90 valence electrons. The molecule has 0 fully saturated rings. The molecule has 0 N–H and O–H groups in total. The van der Waals surface area contributed by atoms with Crippen LogP contribution in [0, 0.1) is 0 Å². The lowest BCUT2D eigenvalue weighted by Crippen LogP contribution is -2.02. The number of hydrogen-bond acceptors (Lipinski definition) is 2. The van der Waals surface area contributed by atoms with Gasteiger partial charge in [0.05, 0.1) is 11.4 Å². The Hall–Kier alpha value is -1.48. The molecule has 0 unspecified atom stereocenters. The molecule has 0 aliphatic rings. The molecule has 1 aromatic heterocycles. The molecular weight excluding hydrogens is 236 g/mol. The Labute approximate surface area is 106 Å². The van der Waals surface area contributed by atoms with Crippen molar-refractivity contribution in [2.24, 2.45) is 7.05 Å². The van der Waals surface area contributed by atoms with Gasteiger partial charge >= 0.3 is 0 Å². The highest BCUT2D eigenvalue weighted by Gasteiger charge is 2.04. The third-order valence-corrected chi connectivity index (χ3v) is 2.84. The summed E-state index contributed by atoms with van der Waals surface area (Å²) in [4.78, 5) is 0. The maximum absolute atomic E-state index is 5.81. The predicted molar refractivity (Wildman–Crippen MR) is 68.4 cm³/mol. The summed E-state index contributed by atoms with van der Waals surface area (Å²) in [5.41, 5.74) is 2.15. The van der Waals surface area contributed by atoms with Crippen LogP contribution in [0.15, 0.2) is 30.3 Å². The highest BCUT2D eigenvalue weighted by Crippen LogP contribution is 2.17. The van der Waals surface area contributed by atoms with Crippen molar-refractivity contribution in [1.82, 2.24) is 9.78 Å². The van der Waals surface area contributed by atoms with Gasteiger partial charge in [-0.1, -0.05) is 18.5 Å². The van der Waals surface area contributed by atoms with Crippen molar-refractivity contribution < 1.29 is 4.74 Å². The van der Waals surface area contributed by atoms with E-state index < -0.39 is 0 Å². The third-order valence-electron chi connectivity index (χ3n) is 2.59. The van der Waals surface area contributed by atoms with Crippen LogP contribution in [0.5, 0.6) is 5.75 Å². The van der Waals surface area contributed by atoms with Crippen LogP contribution in [0.25, 0.3) is 0 Å². The molecule has 0 saturated carbocycles. The van der Waals surface area contributed by atoms with Gasteiger partial charge in [-0.15, -0.1) is 0 Å². The average Bonchev–Trinajstić information content (AvgIpc) is 2.69. The van der Waals surface area contributed by atoms with E-state index in [4.69, 9.17) is 16.3 Å². The second kappa shape index (κ2) is 5.23. The first kappa shape index (κ1) is 12.0. The minimum absolute atomic E-state index is 0.519. The molecule has 17 heavy (non-hydrogen) atoms. The molecular formula is C13H15ClN2O. The molecule has 0 spiro atoms. The second-order valence-corrected chi connectivity index (χ2v) is 4.28. The predicted octanol–water partition coefficient (Wildman–Crippen LogP) is 3.21. The maximum atomic E-state index is 5.81. The van der Waals surface area contributed by atoms with Crippen molar-refractivity contribution in [1.29, 1.82) is 0 Å². The monoisotopic (exact) mass is 250 g/mol. The Bertz CT molecular complexity index is 491. The SMILES string of the molecule is CCc1cc(COc2ccc(Cl)cc2)n(C)n1. The van der Waals surface area contributed by atoms with E-state index in [-0.39, 0.29) is 0 Å². The van der Waals surface area contributed by atoms with Crippen molar-refractivity contribution in [2.45, 2.75) is 20.0 Å². The van der Waals surface area contributed by atoms with Crippen molar-refractivity contribution in [3.05, 3.63) is 46.7 Å². The second-order valence-electron chi connectivity index (χ2n) is 3.85. The average molecular weight is 251 g/mol. The van der Waals surface area contributed by atoms with Crippen molar-refractivity contribution >= 4 is 11.6 Å². The maximum Gasteiger partial charge on any atom is 0.130 e. The van der Waals surface area contributed by atoms with Crippen LogP contribution < -0.4 is 4.74 Å². The Balaban J connectivity index is 2.01. The fraction of sp³-hybridized carbons (Fsp3) is 0.308. The van der Waals surface area contributed by atoms with E-state index in [1.54, 1.807) is 0 Å². The van der Waals surface area contributed by atoms with Gasteiger partial charge in [-0.25, -0.2) is 0 Å². The molecule has 2 rings (SSSR count). The van der Waals surface area contributed by atoms with Gasteiger partial charge in [0, 0.05) is 12.1 Å². The largest absolute Gasteiger partial charge is 0.487 e. The number of rotatable bonds is 4. The summed E-state index contributed by atoms with van der Waals surface area (Å²) >= 11 is 5.81. The molecule has 1 heterocycles. The lowest BCUT2D eigenvalue weighted by Gasteiger charge is -2.05. The van der Waals surface area contributed by atoms with Crippen molar-refractivity contribution in [3.8, 4) is 5.75 Å². The summed E-state index contributed by atoms with van der Waals surface area (Å²) < 4.78 is 7.52. The van der Waals surface area contributed by atoms with E-state index in [0.29, 0.717) is 11.6 Å². The molecule has 0 radical (unpaired) electrons. The number of aromatic nitrogens is 2. The van der Waals surface area contributed by atoms with Crippen LogP contribution >= 0.6 is 11.6 Å². The standard InChI is InChI=1S/C13H15ClN2O/c1-3-11-8-12(16(2)15-11)9-17-13-6-4-10(14)5-7-13/h4-8H,3,9H2,1-2H3. The number of hydrogen-bond donors (Lipinski definition) is 0. The number of benzene rings is 1. The lowest BCUT2D eigenvalue weighted by molar-refractivity contribution is 0.295. The Morgan fingerprint density at radius 1 is 1.29 bits per heavy atom. The van der Waals surface area contributed by atoms with Gasteiger partial charge in [-0.2, -0.15) is 5.10 Å². The highest BCUT2D eigenvalue weighted by atomic mass is 35.5. The van der Waals surface area contributed by atoms with Gasteiger partial charge in [0.2, 0.25) is 0 Å². The zero-order valence-corrected chi connectivity index (χ0v) is 10.7. The van der Waals surface area contributed by atoms with E-state index in [2.05, 4.69) is 18.1 Å². The van der Waals surface area contributed by atoms with Gasteiger partial charge < -0.3 is 4.74 Å². The van der Waals surface area contributed by atoms with Crippen LogP contribution in [0.2, 0.25) is 5.02 Å². The fourth-order valence-corrected chi connectivity index (χ4v) is 1.69. The summed E-state index contributed by atoms with van der Waals surface area (Å²) in [6, 6.07) is 9.42. The molecule has 0 bridgehead atoms. The topological polar surface area (TPSA) is 27.1 Å². The smallest absolute Gasteiger partial charge is 0.130 e. The first-order valence-corrected chi connectivity index (χ1v) is 5.97. The van der Waals surface area contributed by atoms with E-state index in [0.717, 1.165) is 23.6 Å². The van der Waals surface area contributed by atoms with Crippen LogP contribution in [-0.4, -0.2) is 9.78 Å². The zero-order valence-electron chi connectivity index (χ0n) is 9.98. The summed E-state index contributed by atoms with van der Waals surface area (Å²) in [7, 11) is 1.93. The molecule has 2 aromatic rings. The van der Waals surface area contributed by atoms with Crippen LogP contribution in [0.1, 0.15) is 18.3 Å². The highest BCUT2D eigenvalue weighted by molar-refractivity contribution is 6.30. The normalized spacial score (nSPS) is 10.5. The fourth-order valence-electron chi connectivity index (χ4n) is 1.57. The number of ether oxygens (including phenoxy) is 1. The van der Waals surface area contributed by atoms with E-state index >= 15 is 0 Å². The van der Waals surface area contributed by atoms with Crippen LogP contribution in [0.4, 0.5) is 0 Å². The zero-order chi connectivity index (χ0) is 12.3. The first-order valence-electron chi connectivity index (χ1n) is 5.59. The van der Waals surface area contributed by atoms with Gasteiger partial charge in [-0.3, -0.25) is 4.68 Å². The Morgan fingerprint density at radius 2 is 2.00 bits per heavy atom. The number of halogens is 1. The summed E-state index contributed by atoms with van der Waals surface area (Å²) in [5, 5.41) is 5.09. The molecule has 0 atom stereocenters. The van der Waals surface area contributed by atoms with Crippen LogP contribution in [0.3, 0.4) is 0 Å². The quantitative estimate of drug-likeness (QED) is 0.833. The Kier molecular flexibility index (Phi) is 3.69. The van der Waals surface area contributed by atoms with Crippen molar-refractivity contribution in [2.75, 3.05) is 0 Å². The van der Waals surface area contributed by atoms with Gasteiger partial charge in [0.1, 0.15) is 12.4 Å². The molecule has 0 aliphatic heterocycles. The molecule has 3 nitrogen and oxygen atoms in total. The minimum Gasteiger partial charge on any atom is -0.487 e. The number of aryl methyl sites for hydroxylation is 2. The third kappa shape index (κ3) is 3.01.